The maximum atomic E-state index is 13.8. The van der Waals surface area contributed by atoms with Crippen LogP contribution in [0.25, 0.3) is 0 Å². The third-order valence-electron chi connectivity index (χ3n) is 3.28. The lowest BCUT2D eigenvalue weighted by Crippen LogP contribution is -2.05. The minimum absolute atomic E-state index is 0.0212. The van der Waals surface area contributed by atoms with Gasteiger partial charge in [-0.3, -0.25) is 4.79 Å². The Bertz CT molecular complexity index is 617. The first kappa shape index (κ1) is 14.7. The predicted octanol–water partition coefficient (Wildman–Crippen LogP) is 5.03. The Hall–Kier alpha value is -1.67. The molecule has 1 nitrogen and oxygen atoms in total. The number of benzene rings is 2. The third-order valence-corrected chi connectivity index (χ3v) is 3.57. The Morgan fingerprint density at radius 2 is 1.80 bits per heavy atom. The summed E-state index contributed by atoms with van der Waals surface area (Å²) in [6.07, 6.45) is 0.0212. The zero-order valence-electron chi connectivity index (χ0n) is 11.5. The molecule has 0 unspecified atom stereocenters. The molecule has 3 heteroatoms. The number of Topliss-reactive ketones (excluding diaryl/α,β-unsaturated/α-hetero) is 1. The third kappa shape index (κ3) is 3.26. The van der Waals surface area contributed by atoms with E-state index in [4.69, 9.17) is 11.6 Å². The highest BCUT2D eigenvalue weighted by atomic mass is 35.5. The second kappa shape index (κ2) is 6.19. The van der Waals surface area contributed by atoms with Gasteiger partial charge in [0, 0.05) is 12.0 Å². The van der Waals surface area contributed by atoms with Crippen molar-refractivity contribution in [1.82, 2.24) is 0 Å². The van der Waals surface area contributed by atoms with Crippen LogP contribution in [0.2, 0.25) is 5.02 Å². The molecule has 0 bridgehead atoms. The van der Waals surface area contributed by atoms with Crippen LogP contribution in [0.5, 0.6) is 0 Å². The molecule has 20 heavy (non-hydrogen) atoms. The highest BCUT2D eigenvalue weighted by molar-refractivity contribution is 6.30. The van der Waals surface area contributed by atoms with Crippen molar-refractivity contribution in [2.75, 3.05) is 0 Å². The number of halogens is 2. The number of rotatable bonds is 4. The van der Waals surface area contributed by atoms with E-state index in [1.807, 2.05) is 12.1 Å². The smallest absolute Gasteiger partial charge is 0.167 e. The summed E-state index contributed by atoms with van der Waals surface area (Å²) in [5.41, 5.74) is 2.10. The van der Waals surface area contributed by atoms with Crippen LogP contribution in [0, 0.1) is 5.82 Å². The molecule has 0 aliphatic rings. The van der Waals surface area contributed by atoms with Crippen LogP contribution < -0.4 is 0 Å². The average Bonchev–Trinajstić information content (AvgIpc) is 2.44. The van der Waals surface area contributed by atoms with Gasteiger partial charge in [-0.25, -0.2) is 4.39 Å². The van der Waals surface area contributed by atoms with Crippen LogP contribution in [0.15, 0.2) is 42.5 Å². The van der Waals surface area contributed by atoms with Crippen LogP contribution in [-0.2, 0) is 6.42 Å². The Kier molecular flexibility index (Phi) is 4.56. The molecular weight excluding hydrogens is 275 g/mol. The van der Waals surface area contributed by atoms with Gasteiger partial charge in [-0.2, -0.15) is 0 Å². The van der Waals surface area contributed by atoms with Crippen molar-refractivity contribution in [3.05, 3.63) is 70.0 Å². The van der Waals surface area contributed by atoms with Crippen LogP contribution in [0.4, 0.5) is 4.39 Å². The highest BCUT2D eigenvalue weighted by Gasteiger charge is 2.12. The summed E-state index contributed by atoms with van der Waals surface area (Å²) in [6, 6.07) is 12.2. The van der Waals surface area contributed by atoms with E-state index in [0.717, 1.165) is 0 Å². The molecule has 2 aromatic rings. The maximum Gasteiger partial charge on any atom is 0.167 e. The van der Waals surface area contributed by atoms with Crippen molar-refractivity contribution in [2.45, 2.75) is 26.2 Å². The quantitative estimate of drug-likeness (QED) is 0.722. The zero-order valence-corrected chi connectivity index (χ0v) is 12.2. The zero-order chi connectivity index (χ0) is 14.7. The fraction of sp³-hybridized carbons (Fsp3) is 0.235. The van der Waals surface area contributed by atoms with E-state index in [1.165, 1.54) is 11.6 Å². The molecule has 0 atom stereocenters. The van der Waals surface area contributed by atoms with E-state index >= 15 is 0 Å². The Morgan fingerprint density at radius 3 is 2.40 bits per heavy atom. The first-order chi connectivity index (χ1) is 9.49. The van der Waals surface area contributed by atoms with Gasteiger partial charge < -0.3 is 0 Å². The predicted molar refractivity (Wildman–Crippen MR) is 80.0 cm³/mol. The molecule has 0 radical (unpaired) electrons. The lowest BCUT2D eigenvalue weighted by atomic mass is 9.98. The van der Waals surface area contributed by atoms with Crippen LogP contribution in [0.1, 0.15) is 41.3 Å². The molecule has 0 aliphatic carbocycles. The van der Waals surface area contributed by atoms with E-state index < -0.39 is 5.82 Å². The first-order valence-corrected chi connectivity index (χ1v) is 6.93. The van der Waals surface area contributed by atoms with E-state index in [9.17, 15) is 9.18 Å². The molecule has 0 saturated carbocycles. The van der Waals surface area contributed by atoms with Gasteiger partial charge in [0.25, 0.3) is 0 Å². The monoisotopic (exact) mass is 290 g/mol. The second-order valence-corrected chi connectivity index (χ2v) is 5.50. The summed E-state index contributed by atoms with van der Waals surface area (Å²) in [5.74, 6) is -0.202. The molecule has 0 aromatic heterocycles. The van der Waals surface area contributed by atoms with Gasteiger partial charge in [0.05, 0.1) is 5.02 Å². The highest BCUT2D eigenvalue weighted by Crippen LogP contribution is 2.20. The van der Waals surface area contributed by atoms with E-state index in [-0.39, 0.29) is 17.2 Å². The summed E-state index contributed by atoms with van der Waals surface area (Å²) in [6.45, 7) is 4.19. The van der Waals surface area contributed by atoms with Gasteiger partial charge in [-0.1, -0.05) is 61.8 Å². The molecule has 0 heterocycles. The Morgan fingerprint density at radius 1 is 1.15 bits per heavy atom. The minimum atomic E-state index is -0.513. The molecule has 2 aromatic carbocycles. The molecule has 0 amide bonds. The number of hydrogen-bond acceptors (Lipinski definition) is 1. The molecule has 0 saturated heterocycles. The van der Waals surface area contributed by atoms with Gasteiger partial charge in [0.2, 0.25) is 0 Å². The maximum absolute atomic E-state index is 13.8. The summed E-state index contributed by atoms with van der Waals surface area (Å²) in [4.78, 5) is 12.1. The molecule has 2 rings (SSSR count). The number of carbonyl (C=O) groups excluding carboxylic acids is 1. The summed E-state index contributed by atoms with van der Waals surface area (Å²) in [5, 5.41) is 0.0467. The van der Waals surface area contributed by atoms with E-state index in [0.29, 0.717) is 17.0 Å². The van der Waals surface area contributed by atoms with Crippen LogP contribution in [-0.4, -0.2) is 5.78 Å². The molecule has 104 valence electrons. The van der Waals surface area contributed by atoms with Crippen LogP contribution >= 0.6 is 11.6 Å². The fourth-order valence-electron chi connectivity index (χ4n) is 2.01. The van der Waals surface area contributed by atoms with Crippen molar-refractivity contribution in [2.24, 2.45) is 0 Å². The first-order valence-electron chi connectivity index (χ1n) is 6.55. The molecule has 0 spiro atoms. The summed E-state index contributed by atoms with van der Waals surface area (Å²) < 4.78 is 13.8. The topological polar surface area (TPSA) is 17.1 Å². The Balaban J connectivity index is 2.18. The van der Waals surface area contributed by atoms with Crippen molar-refractivity contribution in [1.29, 1.82) is 0 Å². The van der Waals surface area contributed by atoms with Gasteiger partial charge in [-0.15, -0.1) is 0 Å². The van der Waals surface area contributed by atoms with E-state index in [2.05, 4.69) is 13.8 Å². The summed E-state index contributed by atoms with van der Waals surface area (Å²) >= 11 is 5.71. The van der Waals surface area contributed by atoms with Crippen LogP contribution in [0.3, 0.4) is 0 Å². The lowest BCUT2D eigenvalue weighted by molar-refractivity contribution is 0.0992. The van der Waals surface area contributed by atoms with E-state index in [1.54, 1.807) is 24.3 Å². The number of hydrogen-bond donors (Lipinski definition) is 0. The van der Waals surface area contributed by atoms with Crippen molar-refractivity contribution >= 4 is 17.4 Å². The molecule has 0 N–H and O–H groups in total. The number of ketones is 1. The normalized spacial score (nSPS) is 10.8. The molecule has 0 aliphatic heterocycles. The van der Waals surface area contributed by atoms with Gasteiger partial charge in [0.15, 0.2) is 5.78 Å². The van der Waals surface area contributed by atoms with Crippen molar-refractivity contribution < 1.29 is 9.18 Å². The second-order valence-electron chi connectivity index (χ2n) is 5.09. The number of carbonyl (C=O) groups is 1. The van der Waals surface area contributed by atoms with Gasteiger partial charge in [-0.05, 0) is 23.1 Å². The molecule has 0 fully saturated rings. The van der Waals surface area contributed by atoms with Crippen molar-refractivity contribution in [3.8, 4) is 0 Å². The lowest BCUT2D eigenvalue weighted by Gasteiger charge is -2.07. The van der Waals surface area contributed by atoms with Gasteiger partial charge >= 0.3 is 0 Å². The largest absolute Gasteiger partial charge is 0.294 e. The fourth-order valence-corrected chi connectivity index (χ4v) is 2.21. The average molecular weight is 291 g/mol. The SMILES string of the molecule is CC(C)c1ccc(C(=O)Cc2cccc(Cl)c2F)cc1. The Labute approximate surface area is 123 Å². The van der Waals surface area contributed by atoms with Crippen molar-refractivity contribution in [3.63, 3.8) is 0 Å². The molecular formula is C17H16ClFO. The summed E-state index contributed by atoms with van der Waals surface area (Å²) in [7, 11) is 0. The standard InChI is InChI=1S/C17H16ClFO/c1-11(2)12-6-8-13(9-7-12)16(20)10-14-4-3-5-15(18)17(14)19/h3-9,11H,10H2,1-2H3. The minimum Gasteiger partial charge on any atom is -0.294 e. The van der Waals surface area contributed by atoms with Gasteiger partial charge in [0.1, 0.15) is 5.82 Å².